The lowest BCUT2D eigenvalue weighted by Crippen LogP contribution is -2.48. The maximum absolute atomic E-state index is 5.02. The highest BCUT2D eigenvalue weighted by molar-refractivity contribution is 4.76. The molecule has 1 aliphatic heterocycles. The van der Waals surface area contributed by atoms with Crippen LogP contribution in [0, 0.1) is 0 Å². The van der Waals surface area contributed by atoms with Gasteiger partial charge in [0.2, 0.25) is 0 Å². The summed E-state index contributed by atoms with van der Waals surface area (Å²) in [5.41, 5.74) is 0. The molecule has 1 N–H and O–H groups in total. The molecule has 3 nitrogen and oxygen atoms in total. The Kier molecular flexibility index (Phi) is 18.0. The van der Waals surface area contributed by atoms with Crippen molar-refractivity contribution in [1.29, 1.82) is 0 Å². The van der Waals surface area contributed by atoms with Gasteiger partial charge in [-0.05, 0) is 26.3 Å². The SMILES string of the molecule is CC.CC.COCCCCC1CN(C)CCN1. The lowest BCUT2D eigenvalue weighted by atomic mass is 10.1. The topological polar surface area (TPSA) is 24.5 Å². The largest absolute Gasteiger partial charge is 0.385 e. The summed E-state index contributed by atoms with van der Waals surface area (Å²) in [6, 6.07) is 0.704. The fraction of sp³-hybridized carbons (Fsp3) is 1.00. The van der Waals surface area contributed by atoms with Gasteiger partial charge in [-0.3, -0.25) is 0 Å². The first-order valence-electron chi connectivity index (χ1n) is 7.24. The van der Waals surface area contributed by atoms with Crippen LogP contribution in [-0.2, 0) is 4.74 Å². The Balaban J connectivity index is 0. The van der Waals surface area contributed by atoms with Crippen LogP contribution in [0.2, 0.25) is 0 Å². The van der Waals surface area contributed by atoms with Crippen LogP contribution in [0.3, 0.4) is 0 Å². The first kappa shape index (κ1) is 19.2. The molecular weight excluding hydrogens is 212 g/mol. The van der Waals surface area contributed by atoms with E-state index in [9.17, 15) is 0 Å². The molecule has 1 rings (SSSR count). The van der Waals surface area contributed by atoms with Crippen molar-refractivity contribution >= 4 is 0 Å². The average Bonchev–Trinajstić information content (AvgIpc) is 2.40. The van der Waals surface area contributed by atoms with Gasteiger partial charge in [0.1, 0.15) is 0 Å². The van der Waals surface area contributed by atoms with Crippen LogP contribution >= 0.6 is 0 Å². The molecule has 0 spiro atoms. The molecule has 0 aromatic carbocycles. The Morgan fingerprint density at radius 3 is 2.35 bits per heavy atom. The van der Waals surface area contributed by atoms with Gasteiger partial charge in [0.25, 0.3) is 0 Å². The summed E-state index contributed by atoms with van der Waals surface area (Å²) < 4.78 is 5.02. The van der Waals surface area contributed by atoms with E-state index in [1.165, 1.54) is 32.4 Å². The molecule has 1 heterocycles. The second kappa shape index (κ2) is 15.9. The molecule has 0 amide bonds. The van der Waals surface area contributed by atoms with E-state index in [1.807, 2.05) is 27.7 Å². The molecule has 0 radical (unpaired) electrons. The van der Waals surface area contributed by atoms with Crippen LogP contribution in [-0.4, -0.2) is 51.3 Å². The Labute approximate surface area is 109 Å². The molecule has 1 saturated heterocycles. The molecule has 17 heavy (non-hydrogen) atoms. The fourth-order valence-corrected chi connectivity index (χ4v) is 1.82. The van der Waals surface area contributed by atoms with Crippen LogP contribution in [0.1, 0.15) is 47.0 Å². The van der Waals surface area contributed by atoms with Crippen LogP contribution in [0.15, 0.2) is 0 Å². The highest BCUT2D eigenvalue weighted by Crippen LogP contribution is 2.05. The van der Waals surface area contributed by atoms with Crippen molar-refractivity contribution in [3.63, 3.8) is 0 Å². The maximum Gasteiger partial charge on any atom is 0.0462 e. The molecule has 1 aliphatic rings. The standard InChI is InChI=1S/C10H22N2O.2C2H6/c1-12-7-6-11-10(9-12)5-3-4-8-13-2;2*1-2/h10-11H,3-9H2,1-2H3;2*1-2H3. The van der Waals surface area contributed by atoms with Crippen molar-refractivity contribution < 1.29 is 4.74 Å². The Morgan fingerprint density at radius 2 is 1.82 bits per heavy atom. The highest BCUT2D eigenvalue weighted by Gasteiger charge is 2.15. The molecule has 3 heteroatoms. The van der Waals surface area contributed by atoms with Crippen LogP contribution < -0.4 is 5.32 Å². The fourth-order valence-electron chi connectivity index (χ4n) is 1.82. The summed E-state index contributed by atoms with van der Waals surface area (Å²) in [5, 5.41) is 3.54. The van der Waals surface area contributed by atoms with Gasteiger partial charge in [-0.25, -0.2) is 0 Å². The second-order valence-corrected chi connectivity index (χ2v) is 3.90. The van der Waals surface area contributed by atoms with Gasteiger partial charge in [-0.1, -0.05) is 27.7 Å². The normalized spacial score (nSPS) is 19.8. The molecule has 0 saturated carbocycles. The molecule has 0 bridgehead atoms. The van der Waals surface area contributed by atoms with Gasteiger partial charge < -0.3 is 15.0 Å². The van der Waals surface area contributed by atoms with Crippen molar-refractivity contribution in [2.45, 2.75) is 53.0 Å². The first-order chi connectivity index (χ1) is 8.33. The lowest BCUT2D eigenvalue weighted by molar-refractivity contribution is 0.185. The minimum Gasteiger partial charge on any atom is -0.385 e. The number of hydrogen-bond acceptors (Lipinski definition) is 3. The third-order valence-electron chi connectivity index (χ3n) is 2.61. The van der Waals surface area contributed by atoms with E-state index >= 15 is 0 Å². The second-order valence-electron chi connectivity index (χ2n) is 3.90. The summed E-state index contributed by atoms with van der Waals surface area (Å²) in [5.74, 6) is 0. The van der Waals surface area contributed by atoms with E-state index in [2.05, 4.69) is 17.3 Å². The molecule has 1 atom stereocenters. The van der Waals surface area contributed by atoms with E-state index in [0.29, 0.717) is 6.04 Å². The van der Waals surface area contributed by atoms with Crippen molar-refractivity contribution in [2.24, 2.45) is 0 Å². The number of likely N-dealkylation sites (N-methyl/N-ethyl adjacent to an activating group) is 1. The van der Waals surface area contributed by atoms with Gasteiger partial charge in [0, 0.05) is 39.4 Å². The number of hydrogen-bond donors (Lipinski definition) is 1. The molecule has 1 fully saturated rings. The summed E-state index contributed by atoms with van der Waals surface area (Å²) in [4.78, 5) is 2.40. The zero-order valence-electron chi connectivity index (χ0n) is 12.9. The smallest absolute Gasteiger partial charge is 0.0462 e. The number of ether oxygens (including phenoxy) is 1. The molecule has 0 aromatic rings. The Bertz CT molecular complexity index is 131. The van der Waals surface area contributed by atoms with E-state index in [-0.39, 0.29) is 0 Å². The van der Waals surface area contributed by atoms with Gasteiger partial charge in [-0.15, -0.1) is 0 Å². The summed E-state index contributed by atoms with van der Waals surface area (Å²) in [7, 11) is 3.97. The van der Waals surface area contributed by atoms with Gasteiger partial charge in [0.15, 0.2) is 0 Å². The monoisotopic (exact) mass is 246 g/mol. The molecule has 0 aromatic heterocycles. The summed E-state index contributed by atoms with van der Waals surface area (Å²) in [6.45, 7) is 12.4. The van der Waals surface area contributed by atoms with E-state index < -0.39 is 0 Å². The number of nitrogens with zero attached hydrogens (tertiary/aromatic N) is 1. The number of methoxy groups -OCH3 is 1. The van der Waals surface area contributed by atoms with Crippen molar-refractivity contribution in [2.75, 3.05) is 40.4 Å². The van der Waals surface area contributed by atoms with E-state index in [1.54, 1.807) is 7.11 Å². The lowest BCUT2D eigenvalue weighted by Gasteiger charge is -2.30. The predicted octanol–water partition coefficient (Wildman–Crippen LogP) is 2.76. The molecule has 106 valence electrons. The van der Waals surface area contributed by atoms with Crippen LogP contribution in [0.4, 0.5) is 0 Å². The third kappa shape index (κ3) is 12.1. The quantitative estimate of drug-likeness (QED) is 0.755. The van der Waals surface area contributed by atoms with E-state index in [4.69, 9.17) is 4.74 Å². The van der Waals surface area contributed by atoms with Crippen molar-refractivity contribution in [1.82, 2.24) is 10.2 Å². The summed E-state index contributed by atoms with van der Waals surface area (Å²) in [6.07, 6.45) is 3.76. The predicted molar refractivity (Wildman–Crippen MR) is 77.7 cm³/mol. The van der Waals surface area contributed by atoms with Gasteiger partial charge >= 0.3 is 0 Å². The Morgan fingerprint density at radius 1 is 1.18 bits per heavy atom. The maximum atomic E-state index is 5.02. The number of piperazine rings is 1. The number of nitrogens with one attached hydrogen (secondary N) is 1. The highest BCUT2D eigenvalue weighted by atomic mass is 16.5. The van der Waals surface area contributed by atoms with E-state index in [0.717, 1.165) is 13.2 Å². The van der Waals surface area contributed by atoms with Crippen LogP contribution in [0.5, 0.6) is 0 Å². The zero-order valence-corrected chi connectivity index (χ0v) is 12.9. The molecule has 0 aliphatic carbocycles. The zero-order chi connectivity index (χ0) is 13.5. The van der Waals surface area contributed by atoms with Crippen LogP contribution in [0.25, 0.3) is 0 Å². The minimum absolute atomic E-state index is 0.704. The molecule has 1 unspecified atom stereocenters. The first-order valence-corrected chi connectivity index (χ1v) is 7.24. The summed E-state index contributed by atoms with van der Waals surface area (Å²) >= 11 is 0. The molecular formula is C14H34N2O. The minimum atomic E-state index is 0.704. The number of rotatable bonds is 5. The van der Waals surface area contributed by atoms with Gasteiger partial charge in [-0.2, -0.15) is 0 Å². The van der Waals surface area contributed by atoms with Crippen molar-refractivity contribution in [3.8, 4) is 0 Å². The van der Waals surface area contributed by atoms with Crippen molar-refractivity contribution in [3.05, 3.63) is 0 Å². The third-order valence-corrected chi connectivity index (χ3v) is 2.61. The Hall–Kier alpha value is -0.120. The van der Waals surface area contributed by atoms with Gasteiger partial charge in [0.05, 0.1) is 0 Å². The number of unbranched alkanes of at least 4 members (excludes halogenated alkanes) is 1. The average molecular weight is 246 g/mol.